The average Bonchev–Trinajstić information content (AvgIpc) is 2.54. The summed E-state index contributed by atoms with van der Waals surface area (Å²) in [5, 5.41) is 0. The highest BCUT2D eigenvalue weighted by molar-refractivity contribution is 14.1. The highest BCUT2D eigenvalue weighted by Crippen LogP contribution is 2.14. The van der Waals surface area contributed by atoms with Gasteiger partial charge in [-0.15, -0.1) is 0 Å². The summed E-state index contributed by atoms with van der Waals surface area (Å²) in [6.45, 7) is 3.03. The molecule has 1 aromatic carbocycles. The summed E-state index contributed by atoms with van der Waals surface area (Å²) in [7, 11) is 0. The zero-order chi connectivity index (χ0) is 15.2. The van der Waals surface area contributed by atoms with Gasteiger partial charge in [0.1, 0.15) is 0 Å². The molecule has 0 amide bonds. The zero-order valence-electron chi connectivity index (χ0n) is 13.5. The van der Waals surface area contributed by atoms with Crippen LogP contribution < -0.4 is 0 Å². The first-order valence-corrected chi connectivity index (χ1v) is 10.1. The van der Waals surface area contributed by atoms with Crippen LogP contribution in [0.25, 0.3) is 0 Å². The fourth-order valence-electron chi connectivity index (χ4n) is 2.50. The molecule has 0 aromatic heterocycles. The van der Waals surface area contributed by atoms with E-state index in [4.69, 9.17) is 4.74 Å². The molecular formula is C19H31IO. The maximum Gasteiger partial charge on any atom is 0.0721 e. The molecule has 21 heavy (non-hydrogen) atoms. The number of halogens is 1. The lowest BCUT2D eigenvalue weighted by molar-refractivity contribution is 0.0509. The average molecular weight is 402 g/mol. The van der Waals surface area contributed by atoms with Crippen LogP contribution in [-0.2, 0) is 11.3 Å². The fourth-order valence-corrected chi connectivity index (χ4v) is 3.19. The SMILES string of the molecule is CCCCCCCCCC[C@@H](CI)OCc1ccccc1. The van der Waals surface area contributed by atoms with Gasteiger partial charge in [-0.3, -0.25) is 0 Å². The van der Waals surface area contributed by atoms with Crippen LogP contribution >= 0.6 is 22.6 Å². The monoisotopic (exact) mass is 402 g/mol. The molecule has 0 saturated heterocycles. The first kappa shape index (κ1) is 19.0. The minimum absolute atomic E-state index is 0.422. The molecule has 1 rings (SSSR count). The van der Waals surface area contributed by atoms with E-state index in [9.17, 15) is 0 Å². The Balaban J connectivity index is 2.01. The first-order chi connectivity index (χ1) is 10.4. The van der Waals surface area contributed by atoms with Crippen molar-refractivity contribution in [2.75, 3.05) is 4.43 Å². The largest absolute Gasteiger partial charge is 0.373 e. The van der Waals surface area contributed by atoms with Gasteiger partial charge in [0, 0.05) is 4.43 Å². The Morgan fingerprint density at radius 1 is 0.905 bits per heavy atom. The lowest BCUT2D eigenvalue weighted by atomic mass is 10.1. The predicted octanol–water partition coefficient (Wildman–Crippen LogP) is 6.54. The number of alkyl halides is 1. The molecule has 120 valence electrons. The van der Waals surface area contributed by atoms with Crippen molar-refractivity contribution in [1.82, 2.24) is 0 Å². The Kier molecular flexibility index (Phi) is 12.2. The smallest absolute Gasteiger partial charge is 0.0721 e. The first-order valence-electron chi connectivity index (χ1n) is 8.58. The van der Waals surface area contributed by atoms with E-state index in [0.29, 0.717) is 6.10 Å². The quantitative estimate of drug-likeness (QED) is 0.207. The molecule has 1 atom stereocenters. The third-order valence-corrected chi connectivity index (χ3v) is 4.86. The highest BCUT2D eigenvalue weighted by Gasteiger charge is 2.07. The second-order valence-electron chi connectivity index (χ2n) is 5.84. The molecule has 0 heterocycles. The van der Waals surface area contributed by atoms with Gasteiger partial charge in [-0.2, -0.15) is 0 Å². The Morgan fingerprint density at radius 2 is 1.52 bits per heavy atom. The standard InChI is InChI=1S/C19H31IO/c1-2-3-4-5-6-7-8-12-15-19(16-20)21-17-18-13-10-9-11-14-18/h9-11,13-14,19H,2-8,12,15-17H2,1H3/t19-/m0/s1. The lowest BCUT2D eigenvalue weighted by Crippen LogP contribution is -2.14. The molecule has 1 nitrogen and oxygen atoms in total. The topological polar surface area (TPSA) is 9.23 Å². The van der Waals surface area contributed by atoms with Gasteiger partial charge < -0.3 is 4.74 Å². The van der Waals surface area contributed by atoms with Crippen LogP contribution in [0.15, 0.2) is 30.3 Å². The predicted molar refractivity (Wildman–Crippen MR) is 101 cm³/mol. The molecule has 0 aliphatic carbocycles. The maximum absolute atomic E-state index is 6.03. The van der Waals surface area contributed by atoms with Gasteiger partial charge in [-0.1, -0.05) is 111 Å². The van der Waals surface area contributed by atoms with E-state index >= 15 is 0 Å². The molecule has 0 fully saturated rings. The van der Waals surface area contributed by atoms with E-state index in [1.165, 1.54) is 63.4 Å². The summed E-state index contributed by atoms with van der Waals surface area (Å²) in [4.78, 5) is 0. The van der Waals surface area contributed by atoms with Crippen molar-refractivity contribution in [2.45, 2.75) is 77.4 Å². The number of benzene rings is 1. The second kappa shape index (κ2) is 13.6. The summed E-state index contributed by atoms with van der Waals surface area (Å²) in [6.07, 6.45) is 12.7. The molecule has 2 heteroatoms. The second-order valence-corrected chi connectivity index (χ2v) is 6.72. The van der Waals surface area contributed by atoms with Crippen molar-refractivity contribution in [3.63, 3.8) is 0 Å². The van der Waals surface area contributed by atoms with Crippen LogP contribution in [0.3, 0.4) is 0 Å². The third-order valence-electron chi connectivity index (χ3n) is 3.88. The van der Waals surface area contributed by atoms with Crippen LogP contribution in [0.5, 0.6) is 0 Å². The van der Waals surface area contributed by atoms with Crippen LogP contribution in [0.4, 0.5) is 0 Å². The normalized spacial score (nSPS) is 12.5. The van der Waals surface area contributed by atoms with E-state index in [2.05, 4.69) is 59.8 Å². The molecule has 0 spiro atoms. The fraction of sp³-hybridized carbons (Fsp3) is 0.684. The summed E-state index contributed by atoms with van der Waals surface area (Å²) < 4.78 is 7.13. The number of hydrogen-bond acceptors (Lipinski definition) is 1. The van der Waals surface area contributed by atoms with Gasteiger partial charge in [0.2, 0.25) is 0 Å². The van der Waals surface area contributed by atoms with Gasteiger partial charge in [0.15, 0.2) is 0 Å². The van der Waals surface area contributed by atoms with Gasteiger partial charge in [0.25, 0.3) is 0 Å². The summed E-state index contributed by atoms with van der Waals surface area (Å²) in [5.41, 5.74) is 1.28. The third kappa shape index (κ3) is 10.3. The van der Waals surface area contributed by atoms with Gasteiger partial charge in [-0.05, 0) is 12.0 Å². The number of ether oxygens (including phenoxy) is 1. The summed E-state index contributed by atoms with van der Waals surface area (Å²) in [6, 6.07) is 10.5. The molecule has 0 aliphatic heterocycles. The van der Waals surface area contributed by atoms with Crippen molar-refractivity contribution in [3.05, 3.63) is 35.9 Å². The Morgan fingerprint density at radius 3 is 2.14 bits per heavy atom. The molecular weight excluding hydrogens is 371 g/mol. The van der Waals surface area contributed by atoms with Crippen LogP contribution in [0.1, 0.15) is 70.3 Å². The molecule has 0 N–H and O–H groups in total. The van der Waals surface area contributed by atoms with E-state index in [-0.39, 0.29) is 0 Å². The van der Waals surface area contributed by atoms with Gasteiger partial charge in [0.05, 0.1) is 12.7 Å². The molecule has 0 saturated carbocycles. The molecule has 0 aliphatic rings. The minimum Gasteiger partial charge on any atom is -0.373 e. The Labute approximate surface area is 145 Å². The van der Waals surface area contributed by atoms with Crippen molar-refractivity contribution in [1.29, 1.82) is 0 Å². The van der Waals surface area contributed by atoms with Gasteiger partial charge in [-0.25, -0.2) is 0 Å². The summed E-state index contributed by atoms with van der Waals surface area (Å²) in [5.74, 6) is 0. The van der Waals surface area contributed by atoms with Crippen LogP contribution in [0, 0.1) is 0 Å². The highest BCUT2D eigenvalue weighted by atomic mass is 127. The van der Waals surface area contributed by atoms with E-state index in [0.717, 1.165) is 11.0 Å². The molecule has 1 aromatic rings. The van der Waals surface area contributed by atoms with E-state index in [1.54, 1.807) is 0 Å². The van der Waals surface area contributed by atoms with E-state index < -0.39 is 0 Å². The zero-order valence-corrected chi connectivity index (χ0v) is 15.7. The van der Waals surface area contributed by atoms with Crippen LogP contribution in [-0.4, -0.2) is 10.5 Å². The van der Waals surface area contributed by atoms with E-state index in [1.807, 2.05) is 0 Å². The number of hydrogen-bond donors (Lipinski definition) is 0. The molecule has 0 bridgehead atoms. The van der Waals surface area contributed by atoms with Gasteiger partial charge >= 0.3 is 0 Å². The Bertz CT molecular complexity index is 326. The number of rotatable bonds is 13. The maximum atomic E-state index is 6.03. The molecule has 0 unspecified atom stereocenters. The minimum atomic E-state index is 0.422. The Hall–Kier alpha value is -0.0900. The summed E-state index contributed by atoms with van der Waals surface area (Å²) >= 11 is 2.45. The van der Waals surface area contributed by atoms with Crippen molar-refractivity contribution in [2.24, 2.45) is 0 Å². The lowest BCUT2D eigenvalue weighted by Gasteiger charge is -2.15. The molecule has 0 radical (unpaired) electrons. The van der Waals surface area contributed by atoms with Crippen molar-refractivity contribution < 1.29 is 4.74 Å². The van der Waals surface area contributed by atoms with Crippen LogP contribution in [0.2, 0.25) is 0 Å². The van der Waals surface area contributed by atoms with Crippen molar-refractivity contribution >= 4 is 22.6 Å². The number of unbranched alkanes of at least 4 members (excludes halogenated alkanes) is 7. The van der Waals surface area contributed by atoms with Crippen molar-refractivity contribution in [3.8, 4) is 0 Å².